The maximum absolute atomic E-state index is 13.6. The van der Waals surface area contributed by atoms with Gasteiger partial charge in [0.25, 0.3) is 0 Å². The van der Waals surface area contributed by atoms with E-state index in [2.05, 4.69) is 8.75 Å². The van der Waals surface area contributed by atoms with Crippen LogP contribution in [0.4, 0.5) is 0 Å². The third-order valence-corrected chi connectivity index (χ3v) is 6.02. The van der Waals surface area contributed by atoms with E-state index in [-0.39, 0.29) is 30.1 Å². The molecule has 0 fully saturated rings. The first-order valence-electron chi connectivity index (χ1n) is 10.2. The second kappa shape index (κ2) is 8.48. The molecule has 0 bridgehead atoms. The first kappa shape index (κ1) is 20.8. The molecule has 0 unspecified atom stereocenters. The van der Waals surface area contributed by atoms with Crippen molar-refractivity contribution in [2.45, 2.75) is 13.3 Å². The topological polar surface area (TPSA) is 98.6 Å². The highest BCUT2D eigenvalue weighted by molar-refractivity contribution is 7.00. The number of aryl methyl sites for hydroxylation is 1. The van der Waals surface area contributed by atoms with Crippen molar-refractivity contribution in [3.05, 3.63) is 88.5 Å². The molecule has 0 aliphatic carbocycles. The van der Waals surface area contributed by atoms with Crippen LogP contribution in [-0.4, -0.2) is 32.4 Å². The largest absolute Gasteiger partial charge is 0.478 e. The molecule has 1 aliphatic rings. The molecular weight excluding hydrogens is 440 g/mol. The lowest BCUT2D eigenvalue weighted by atomic mass is 9.89. The highest BCUT2D eigenvalue weighted by Gasteiger charge is 2.25. The number of ether oxygens (including phenoxy) is 2. The second-order valence-corrected chi connectivity index (χ2v) is 8.21. The van der Waals surface area contributed by atoms with Gasteiger partial charge in [0.15, 0.2) is 17.3 Å². The molecule has 33 heavy (non-hydrogen) atoms. The van der Waals surface area contributed by atoms with E-state index in [1.165, 1.54) is 0 Å². The van der Waals surface area contributed by atoms with E-state index in [1.807, 2.05) is 25.1 Å². The number of hydrogen-bond acceptors (Lipinski definition) is 7. The summed E-state index contributed by atoms with van der Waals surface area (Å²) in [5, 5.41) is 10.2. The summed E-state index contributed by atoms with van der Waals surface area (Å²) in [6, 6.07) is 17.5. The third kappa shape index (κ3) is 4.08. The number of fused-ring (bicyclic) bond motifs is 2. The number of rotatable bonds is 6. The first-order chi connectivity index (χ1) is 16.0. The SMILES string of the molecule is Cc1ccc(C(=O)C(Cc2ccc3c(c2)OCO3)=C(C(=O)O)c2ccc3nsnc3c2)cc1. The summed E-state index contributed by atoms with van der Waals surface area (Å²) in [7, 11) is 0. The molecule has 0 amide bonds. The minimum Gasteiger partial charge on any atom is -0.478 e. The fraction of sp³-hybridized carbons (Fsp3) is 0.120. The van der Waals surface area contributed by atoms with Gasteiger partial charge in [-0.05, 0) is 42.3 Å². The van der Waals surface area contributed by atoms with E-state index >= 15 is 0 Å². The molecule has 3 aromatic carbocycles. The van der Waals surface area contributed by atoms with Gasteiger partial charge in [0.05, 0.1) is 17.3 Å². The highest BCUT2D eigenvalue weighted by atomic mass is 32.1. The number of aliphatic carboxylic acids is 1. The molecule has 5 rings (SSSR count). The number of nitrogens with zero attached hydrogens (tertiary/aromatic N) is 2. The molecule has 0 saturated carbocycles. The summed E-state index contributed by atoms with van der Waals surface area (Å²) in [6.07, 6.45) is 0.109. The Bertz CT molecular complexity index is 1420. The van der Waals surface area contributed by atoms with Crippen molar-refractivity contribution in [1.29, 1.82) is 0 Å². The molecule has 1 aliphatic heterocycles. The Hall–Kier alpha value is -4.04. The minimum absolute atomic E-state index is 0.0619. The smallest absolute Gasteiger partial charge is 0.336 e. The molecule has 7 nitrogen and oxygen atoms in total. The molecule has 164 valence electrons. The number of Topliss-reactive ketones (excluding diaryl/α,β-unsaturated/α-hetero) is 1. The second-order valence-electron chi connectivity index (χ2n) is 7.69. The minimum atomic E-state index is -1.19. The van der Waals surface area contributed by atoms with Gasteiger partial charge >= 0.3 is 5.97 Å². The van der Waals surface area contributed by atoms with Crippen LogP contribution in [0.15, 0.2) is 66.2 Å². The van der Waals surface area contributed by atoms with Gasteiger partial charge in [0.1, 0.15) is 11.0 Å². The average Bonchev–Trinajstić information content (AvgIpc) is 3.47. The van der Waals surface area contributed by atoms with Crippen LogP contribution in [-0.2, 0) is 11.2 Å². The standard InChI is InChI=1S/C25H18N2O5S/c1-14-2-5-16(6-3-14)24(28)18(10-15-4-9-21-22(11-15)32-13-31-21)23(25(29)30)17-7-8-19-20(12-17)27-33-26-19/h2-9,11-12H,10,13H2,1H3,(H,29,30). The van der Waals surface area contributed by atoms with E-state index in [9.17, 15) is 14.7 Å². The van der Waals surface area contributed by atoms with Crippen LogP contribution in [0.5, 0.6) is 11.5 Å². The van der Waals surface area contributed by atoms with Gasteiger partial charge in [0, 0.05) is 17.6 Å². The zero-order chi connectivity index (χ0) is 22.9. The average molecular weight is 458 g/mol. The normalized spacial score (nSPS) is 13.1. The zero-order valence-corrected chi connectivity index (χ0v) is 18.4. The fourth-order valence-electron chi connectivity index (χ4n) is 3.78. The van der Waals surface area contributed by atoms with Gasteiger partial charge in [-0.3, -0.25) is 4.79 Å². The number of benzene rings is 3. The number of allylic oxidation sites excluding steroid dienone is 1. The Labute approximate surface area is 193 Å². The lowest BCUT2D eigenvalue weighted by Crippen LogP contribution is -2.14. The predicted octanol–water partition coefficient (Wildman–Crippen LogP) is 4.69. The summed E-state index contributed by atoms with van der Waals surface area (Å²) in [5.41, 5.74) is 3.95. The van der Waals surface area contributed by atoms with E-state index in [4.69, 9.17) is 9.47 Å². The molecule has 0 atom stereocenters. The van der Waals surface area contributed by atoms with Crippen LogP contribution < -0.4 is 9.47 Å². The van der Waals surface area contributed by atoms with Crippen LogP contribution in [0.25, 0.3) is 16.6 Å². The Balaban J connectivity index is 1.67. The number of aromatic nitrogens is 2. The molecule has 2 heterocycles. The molecule has 0 radical (unpaired) electrons. The first-order valence-corrected chi connectivity index (χ1v) is 10.9. The zero-order valence-electron chi connectivity index (χ0n) is 17.6. The Morgan fingerprint density at radius 2 is 1.64 bits per heavy atom. The molecule has 4 aromatic rings. The Morgan fingerprint density at radius 1 is 0.909 bits per heavy atom. The quantitative estimate of drug-likeness (QED) is 0.330. The van der Waals surface area contributed by atoms with Crippen molar-refractivity contribution in [2.75, 3.05) is 6.79 Å². The number of hydrogen-bond donors (Lipinski definition) is 1. The summed E-state index contributed by atoms with van der Waals surface area (Å²) in [4.78, 5) is 26.1. The molecule has 0 saturated heterocycles. The molecular formula is C25H18N2O5S. The van der Waals surface area contributed by atoms with Crippen molar-refractivity contribution < 1.29 is 24.2 Å². The molecule has 1 aromatic heterocycles. The predicted molar refractivity (Wildman–Crippen MR) is 124 cm³/mol. The lowest BCUT2D eigenvalue weighted by molar-refractivity contribution is -0.130. The van der Waals surface area contributed by atoms with Crippen LogP contribution in [0.2, 0.25) is 0 Å². The van der Waals surface area contributed by atoms with Gasteiger partial charge in [0.2, 0.25) is 6.79 Å². The number of carboxylic acids is 1. The lowest BCUT2D eigenvalue weighted by Gasteiger charge is -2.14. The Morgan fingerprint density at radius 3 is 2.42 bits per heavy atom. The number of ketones is 1. The summed E-state index contributed by atoms with van der Waals surface area (Å²) < 4.78 is 19.2. The Kier molecular flexibility index (Phi) is 5.35. The maximum atomic E-state index is 13.6. The summed E-state index contributed by atoms with van der Waals surface area (Å²) in [6.45, 7) is 2.06. The van der Waals surface area contributed by atoms with E-state index in [1.54, 1.807) is 42.5 Å². The van der Waals surface area contributed by atoms with Crippen molar-refractivity contribution in [2.24, 2.45) is 0 Å². The highest BCUT2D eigenvalue weighted by Crippen LogP contribution is 2.34. The van der Waals surface area contributed by atoms with Crippen LogP contribution >= 0.6 is 11.7 Å². The van der Waals surface area contributed by atoms with E-state index in [0.29, 0.717) is 33.7 Å². The van der Waals surface area contributed by atoms with Gasteiger partial charge in [-0.2, -0.15) is 8.75 Å². The van der Waals surface area contributed by atoms with Crippen molar-refractivity contribution in [3.63, 3.8) is 0 Å². The monoisotopic (exact) mass is 458 g/mol. The van der Waals surface area contributed by atoms with Crippen molar-refractivity contribution in [1.82, 2.24) is 8.75 Å². The number of carboxylic acid groups (broad SMARTS) is 1. The molecule has 8 heteroatoms. The molecule has 1 N–H and O–H groups in total. The van der Waals surface area contributed by atoms with Crippen LogP contribution in [0.1, 0.15) is 27.0 Å². The third-order valence-electron chi connectivity index (χ3n) is 5.46. The van der Waals surface area contributed by atoms with Gasteiger partial charge in [-0.25, -0.2) is 4.79 Å². The van der Waals surface area contributed by atoms with Crippen LogP contribution in [0.3, 0.4) is 0 Å². The van der Waals surface area contributed by atoms with Crippen LogP contribution in [0, 0.1) is 6.92 Å². The van der Waals surface area contributed by atoms with Crippen molar-refractivity contribution in [3.8, 4) is 11.5 Å². The summed E-state index contributed by atoms with van der Waals surface area (Å²) >= 11 is 1.05. The molecule has 0 spiro atoms. The van der Waals surface area contributed by atoms with E-state index in [0.717, 1.165) is 22.9 Å². The van der Waals surface area contributed by atoms with Crippen molar-refractivity contribution >= 4 is 40.1 Å². The number of carbonyl (C=O) groups excluding carboxylic acids is 1. The van der Waals surface area contributed by atoms with E-state index < -0.39 is 5.97 Å². The fourth-order valence-corrected chi connectivity index (χ4v) is 4.30. The van der Waals surface area contributed by atoms with Gasteiger partial charge in [-0.15, -0.1) is 0 Å². The van der Waals surface area contributed by atoms with Gasteiger partial charge in [-0.1, -0.05) is 42.0 Å². The maximum Gasteiger partial charge on any atom is 0.336 e. The van der Waals surface area contributed by atoms with Gasteiger partial charge < -0.3 is 14.6 Å². The summed E-state index contributed by atoms with van der Waals surface area (Å²) in [5.74, 6) is -0.342. The number of carbonyl (C=O) groups is 2.